The van der Waals surface area contributed by atoms with E-state index in [9.17, 15) is 0 Å². The lowest BCUT2D eigenvalue weighted by Gasteiger charge is -2.33. The highest BCUT2D eigenvalue weighted by Crippen LogP contribution is 2.42. The minimum absolute atomic E-state index is 0.0836. The minimum Gasteiger partial charge on any atom is -0.370 e. The van der Waals surface area contributed by atoms with E-state index in [2.05, 4.69) is 37.7 Å². The second-order valence-corrected chi connectivity index (χ2v) is 4.70. The van der Waals surface area contributed by atoms with E-state index in [-0.39, 0.29) is 5.60 Å². The Morgan fingerprint density at radius 3 is 2.44 bits per heavy atom. The molecule has 1 aliphatic rings. The zero-order valence-corrected chi connectivity index (χ0v) is 10.1. The molecule has 1 aromatic carbocycles. The molecule has 1 atom stereocenters. The number of ether oxygens (including phenoxy) is 1. The lowest BCUT2D eigenvalue weighted by molar-refractivity contribution is -0.0382. The fourth-order valence-electron chi connectivity index (χ4n) is 2.53. The van der Waals surface area contributed by atoms with Gasteiger partial charge in [0, 0.05) is 6.61 Å². The highest BCUT2D eigenvalue weighted by Gasteiger charge is 2.39. The molecule has 0 amide bonds. The maximum atomic E-state index is 6.02. The Balaban J connectivity index is 2.35. The normalized spacial score (nSPS) is 24.9. The molecule has 1 aliphatic heterocycles. The number of benzene rings is 1. The summed E-state index contributed by atoms with van der Waals surface area (Å²) < 4.78 is 6.02. The topological polar surface area (TPSA) is 21.6 Å². The molecule has 1 aromatic rings. The predicted molar refractivity (Wildman–Crippen MR) is 67.4 cm³/mol. The molecule has 0 spiro atoms. The first-order chi connectivity index (χ1) is 7.69. The van der Waals surface area contributed by atoms with Gasteiger partial charge in [-0.2, -0.15) is 0 Å². The van der Waals surface area contributed by atoms with Crippen LogP contribution in [-0.2, 0) is 10.3 Å². The maximum absolute atomic E-state index is 6.02. The van der Waals surface area contributed by atoms with Crippen LogP contribution in [0, 0.1) is 5.92 Å². The van der Waals surface area contributed by atoms with Gasteiger partial charge in [-0.05, 0) is 43.2 Å². The summed E-state index contributed by atoms with van der Waals surface area (Å²) in [5.41, 5.74) is 2.10. The number of rotatable bonds is 3. The Morgan fingerprint density at radius 2 is 2.00 bits per heavy atom. The van der Waals surface area contributed by atoms with Gasteiger partial charge < -0.3 is 4.74 Å². The summed E-state index contributed by atoms with van der Waals surface area (Å²) in [5.74, 6) is 0.498. The average molecular weight is 217 g/mol. The molecular formula is C14H19NO. The maximum Gasteiger partial charge on any atom is 0.0954 e. The van der Waals surface area contributed by atoms with Crippen molar-refractivity contribution in [3.05, 3.63) is 29.8 Å². The van der Waals surface area contributed by atoms with Gasteiger partial charge in [-0.3, -0.25) is 4.99 Å². The average Bonchev–Trinajstić information content (AvgIpc) is 2.79. The predicted octanol–water partition coefficient (Wildman–Crippen LogP) is 3.68. The molecule has 1 saturated heterocycles. The van der Waals surface area contributed by atoms with E-state index in [0.29, 0.717) is 5.92 Å². The van der Waals surface area contributed by atoms with E-state index in [1.54, 1.807) is 0 Å². The van der Waals surface area contributed by atoms with Crippen LogP contribution in [0.15, 0.2) is 29.3 Å². The fourth-order valence-corrected chi connectivity index (χ4v) is 2.53. The van der Waals surface area contributed by atoms with Crippen LogP contribution < -0.4 is 0 Å². The summed E-state index contributed by atoms with van der Waals surface area (Å²) in [6.45, 7) is 8.86. The summed E-state index contributed by atoms with van der Waals surface area (Å²) in [6.07, 6.45) is 2.27. The van der Waals surface area contributed by atoms with Crippen LogP contribution >= 0.6 is 0 Å². The second kappa shape index (κ2) is 4.38. The van der Waals surface area contributed by atoms with Crippen molar-refractivity contribution in [2.75, 3.05) is 6.61 Å². The quantitative estimate of drug-likeness (QED) is 0.708. The molecule has 86 valence electrons. The summed E-state index contributed by atoms with van der Waals surface area (Å²) in [6, 6.07) is 8.26. The third-order valence-corrected chi connectivity index (χ3v) is 3.52. The molecule has 1 fully saturated rings. The van der Waals surface area contributed by atoms with Crippen molar-refractivity contribution in [3.63, 3.8) is 0 Å². The SMILES string of the molecule is C=Nc1ccc(C2(C(C)C)CCCO2)cc1. The van der Waals surface area contributed by atoms with Crippen LogP contribution in [0.4, 0.5) is 5.69 Å². The zero-order chi connectivity index (χ0) is 11.6. The first kappa shape index (κ1) is 11.3. The fraction of sp³-hybridized carbons (Fsp3) is 0.500. The molecule has 2 rings (SSSR count). The first-order valence-corrected chi connectivity index (χ1v) is 5.90. The first-order valence-electron chi connectivity index (χ1n) is 5.90. The Labute approximate surface area is 97.4 Å². The van der Waals surface area contributed by atoms with Gasteiger partial charge in [0.2, 0.25) is 0 Å². The van der Waals surface area contributed by atoms with Crippen molar-refractivity contribution in [2.45, 2.75) is 32.3 Å². The molecule has 0 saturated carbocycles. The molecule has 0 aromatic heterocycles. The van der Waals surface area contributed by atoms with Gasteiger partial charge in [-0.15, -0.1) is 0 Å². The molecule has 1 heterocycles. The largest absolute Gasteiger partial charge is 0.370 e. The van der Waals surface area contributed by atoms with Crippen LogP contribution in [0.5, 0.6) is 0 Å². The van der Waals surface area contributed by atoms with Crippen LogP contribution in [-0.4, -0.2) is 13.3 Å². The lowest BCUT2D eigenvalue weighted by atomic mass is 9.81. The zero-order valence-electron chi connectivity index (χ0n) is 10.1. The van der Waals surface area contributed by atoms with Crippen molar-refractivity contribution in [1.82, 2.24) is 0 Å². The summed E-state index contributed by atoms with van der Waals surface area (Å²) in [4.78, 5) is 3.92. The van der Waals surface area contributed by atoms with Crippen LogP contribution in [0.3, 0.4) is 0 Å². The highest BCUT2D eigenvalue weighted by atomic mass is 16.5. The summed E-state index contributed by atoms with van der Waals surface area (Å²) in [7, 11) is 0. The number of hydrogen-bond donors (Lipinski definition) is 0. The van der Waals surface area contributed by atoms with E-state index in [4.69, 9.17) is 4.74 Å². The van der Waals surface area contributed by atoms with Gasteiger partial charge in [0.1, 0.15) is 0 Å². The third-order valence-electron chi connectivity index (χ3n) is 3.52. The molecule has 0 radical (unpaired) electrons. The molecular weight excluding hydrogens is 198 g/mol. The Morgan fingerprint density at radius 1 is 1.31 bits per heavy atom. The van der Waals surface area contributed by atoms with Crippen molar-refractivity contribution < 1.29 is 4.74 Å². The second-order valence-electron chi connectivity index (χ2n) is 4.70. The highest BCUT2D eigenvalue weighted by molar-refractivity contribution is 5.47. The monoisotopic (exact) mass is 217 g/mol. The smallest absolute Gasteiger partial charge is 0.0954 e. The van der Waals surface area contributed by atoms with Crippen LogP contribution in [0.1, 0.15) is 32.3 Å². The van der Waals surface area contributed by atoms with Gasteiger partial charge in [0.25, 0.3) is 0 Å². The van der Waals surface area contributed by atoms with Gasteiger partial charge in [-0.1, -0.05) is 26.0 Å². The van der Waals surface area contributed by atoms with Crippen molar-refractivity contribution in [2.24, 2.45) is 10.9 Å². The molecule has 0 aliphatic carbocycles. The molecule has 2 nitrogen and oxygen atoms in total. The van der Waals surface area contributed by atoms with Crippen molar-refractivity contribution in [1.29, 1.82) is 0 Å². The number of hydrogen-bond acceptors (Lipinski definition) is 2. The third kappa shape index (κ3) is 1.78. The van der Waals surface area contributed by atoms with E-state index >= 15 is 0 Å². The van der Waals surface area contributed by atoms with Gasteiger partial charge >= 0.3 is 0 Å². The number of aliphatic imine (C=N–C) groups is 1. The molecule has 0 bridgehead atoms. The van der Waals surface area contributed by atoms with Crippen molar-refractivity contribution >= 4 is 12.4 Å². The molecule has 16 heavy (non-hydrogen) atoms. The summed E-state index contributed by atoms with van der Waals surface area (Å²) >= 11 is 0. The Bertz CT molecular complexity index is 361. The molecule has 0 N–H and O–H groups in total. The Hall–Kier alpha value is -1.15. The van der Waals surface area contributed by atoms with E-state index < -0.39 is 0 Å². The van der Waals surface area contributed by atoms with E-state index in [1.807, 2.05) is 12.1 Å². The van der Waals surface area contributed by atoms with Crippen LogP contribution in [0.25, 0.3) is 0 Å². The van der Waals surface area contributed by atoms with Gasteiger partial charge in [0.05, 0.1) is 11.3 Å². The van der Waals surface area contributed by atoms with Gasteiger partial charge in [0.15, 0.2) is 0 Å². The Kier molecular flexibility index (Phi) is 3.10. The number of nitrogens with zero attached hydrogens (tertiary/aromatic N) is 1. The van der Waals surface area contributed by atoms with Gasteiger partial charge in [-0.25, -0.2) is 0 Å². The van der Waals surface area contributed by atoms with Crippen molar-refractivity contribution in [3.8, 4) is 0 Å². The standard InChI is InChI=1S/C14H19NO/c1-11(2)14(9-4-10-16-14)12-5-7-13(15-3)8-6-12/h5-8,11H,3-4,9-10H2,1-2H3. The van der Waals surface area contributed by atoms with Crippen LogP contribution in [0.2, 0.25) is 0 Å². The van der Waals surface area contributed by atoms with E-state index in [0.717, 1.165) is 25.1 Å². The van der Waals surface area contributed by atoms with E-state index in [1.165, 1.54) is 5.56 Å². The molecule has 1 unspecified atom stereocenters. The lowest BCUT2D eigenvalue weighted by Crippen LogP contribution is -2.31. The molecule has 2 heteroatoms. The summed E-state index contributed by atoms with van der Waals surface area (Å²) in [5, 5.41) is 0. The minimum atomic E-state index is -0.0836.